The fraction of sp³-hybridized carbons (Fsp3) is 0.680. The van der Waals surface area contributed by atoms with Crippen LogP contribution in [0.1, 0.15) is 27.2 Å². The van der Waals surface area contributed by atoms with Gasteiger partial charge in [-0.2, -0.15) is 0 Å². The summed E-state index contributed by atoms with van der Waals surface area (Å²) in [6.07, 6.45) is -2.08. The van der Waals surface area contributed by atoms with Crippen LogP contribution in [0, 0.1) is 34.5 Å². The highest BCUT2D eigenvalue weighted by molar-refractivity contribution is 5.89. The molecule has 6 aliphatic rings. The molecule has 6 rings (SSSR count). The van der Waals surface area contributed by atoms with E-state index in [0.717, 1.165) is 19.6 Å². The van der Waals surface area contributed by atoms with Gasteiger partial charge in [0, 0.05) is 29.9 Å². The first-order chi connectivity index (χ1) is 16.9. The molecule has 194 valence electrons. The predicted molar refractivity (Wildman–Crippen MR) is 115 cm³/mol. The van der Waals surface area contributed by atoms with E-state index in [2.05, 4.69) is 0 Å². The smallest absolute Gasteiger partial charge is 0.348 e. The summed E-state index contributed by atoms with van der Waals surface area (Å²) in [7, 11) is 1.11. The minimum absolute atomic E-state index is 0.149. The molecule has 0 aromatic carbocycles. The minimum Gasteiger partial charge on any atom is -0.467 e. The first-order valence-corrected chi connectivity index (χ1v) is 12.1. The maximum absolute atomic E-state index is 13.2. The summed E-state index contributed by atoms with van der Waals surface area (Å²) in [5.74, 6) is -5.08. The monoisotopic (exact) mass is 504 g/mol. The van der Waals surface area contributed by atoms with Crippen LogP contribution in [-0.2, 0) is 42.9 Å². The highest BCUT2D eigenvalue weighted by atomic mass is 16.6. The third-order valence-electron chi connectivity index (χ3n) is 9.72. The Balaban J connectivity index is 1.60. The van der Waals surface area contributed by atoms with Crippen molar-refractivity contribution in [1.29, 1.82) is 0 Å². The van der Waals surface area contributed by atoms with Gasteiger partial charge < -0.3 is 33.9 Å². The van der Waals surface area contributed by atoms with E-state index in [4.69, 9.17) is 23.7 Å². The number of carbonyl (C=O) groups is 4. The number of aliphatic hydroxyl groups is 2. The standard InChI is InChI=1S/C25H28O11/c1-9-11-5-15(27)35-13(11)7-23(3)12(9)6-14-24-8-33-25(22(31)32-4,20(29)16(28)18(23)24)19(24)17(21(30)36-14)34-10(2)26/h5,7,9,12,14,16-20,28-29H,6,8H2,1-4H3/t9-,12-,14+,16+,17-,18+,19+,20+,23+,24+,25-/m0/s1. The van der Waals surface area contributed by atoms with Crippen LogP contribution < -0.4 is 0 Å². The normalized spacial score (nSPS) is 49.9. The van der Waals surface area contributed by atoms with Gasteiger partial charge in [-0.3, -0.25) is 4.79 Å². The lowest BCUT2D eigenvalue weighted by Crippen LogP contribution is -2.79. The number of esters is 4. The molecular weight excluding hydrogens is 476 g/mol. The Hall–Kier alpha value is -2.76. The summed E-state index contributed by atoms with van der Waals surface area (Å²) >= 11 is 0. The molecule has 0 aromatic heterocycles. The van der Waals surface area contributed by atoms with E-state index in [9.17, 15) is 29.4 Å². The van der Waals surface area contributed by atoms with Gasteiger partial charge in [0.15, 0.2) is 0 Å². The summed E-state index contributed by atoms with van der Waals surface area (Å²) < 4.78 is 27.8. The van der Waals surface area contributed by atoms with Crippen LogP contribution in [-0.4, -0.2) is 77.8 Å². The van der Waals surface area contributed by atoms with Crippen LogP contribution in [0.3, 0.4) is 0 Å². The van der Waals surface area contributed by atoms with Crippen molar-refractivity contribution < 1.29 is 53.1 Å². The molecule has 0 amide bonds. The number of methoxy groups -OCH3 is 1. The van der Waals surface area contributed by atoms with Crippen molar-refractivity contribution in [3.63, 3.8) is 0 Å². The van der Waals surface area contributed by atoms with E-state index < -0.39 is 76.6 Å². The molecule has 3 aliphatic heterocycles. The third-order valence-corrected chi connectivity index (χ3v) is 9.72. The molecular formula is C25H28O11. The lowest BCUT2D eigenvalue weighted by Gasteiger charge is -2.67. The number of hydrogen-bond acceptors (Lipinski definition) is 11. The van der Waals surface area contributed by atoms with Crippen molar-refractivity contribution >= 4 is 23.9 Å². The quantitative estimate of drug-likeness (QED) is 0.379. The molecule has 0 unspecified atom stereocenters. The second-order valence-electron chi connectivity index (χ2n) is 11.1. The average Bonchev–Trinajstić information content (AvgIpc) is 3.33. The van der Waals surface area contributed by atoms with Gasteiger partial charge in [0.25, 0.3) is 0 Å². The molecule has 2 saturated carbocycles. The number of ether oxygens (including phenoxy) is 5. The number of rotatable bonds is 2. The summed E-state index contributed by atoms with van der Waals surface area (Å²) in [6.45, 7) is 4.84. The van der Waals surface area contributed by atoms with Gasteiger partial charge in [-0.1, -0.05) is 13.8 Å². The molecule has 0 aromatic rings. The largest absolute Gasteiger partial charge is 0.467 e. The second-order valence-corrected chi connectivity index (χ2v) is 11.1. The zero-order valence-corrected chi connectivity index (χ0v) is 20.3. The SMILES string of the molecule is COC(=O)[C@@]12OC[C@]34[C@H]([C@@H](O)[C@H]1O)[C@]1(C)C=C5OC(=O)C=C5[C@H](C)[C@@H]1C[C@H]3OC(=O)[C@@H](OC(C)=O)[C@@H]24. The molecule has 0 radical (unpaired) electrons. The molecule has 2 bridgehead atoms. The zero-order valence-electron chi connectivity index (χ0n) is 20.3. The first-order valence-electron chi connectivity index (χ1n) is 12.1. The van der Waals surface area contributed by atoms with Crippen molar-refractivity contribution in [1.82, 2.24) is 0 Å². The van der Waals surface area contributed by atoms with Gasteiger partial charge >= 0.3 is 23.9 Å². The Kier molecular flexibility index (Phi) is 4.71. The fourth-order valence-electron chi connectivity index (χ4n) is 8.58. The number of aliphatic hydroxyl groups excluding tert-OH is 2. The van der Waals surface area contributed by atoms with E-state index in [1.807, 2.05) is 13.8 Å². The van der Waals surface area contributed by atoms with Gasteiger partial charge in [0.1, 0.15) is 18.0 Å². The van der Waals surface area contributed by atoms with Crippen LogP contribution in [0.15, 0.2) is 23.5 Å². The Bertz CT molecular complexity index is 1160. The van der Waals surface area contributed by atoms with E-state index in [1.54, 1.807) is 6.08 Å². The summed E-state index contributed by atoms with van der Waals surface area (Å²) in [4.78, 5) is 50.6. The molecule has 11 atom stereocenters. The molecule has 1 spiro atoms. The number of fused-ring (bicyclic) bond motifs is 3. The molecule has 11 nitrogen and oxygen atoms in total. The van der Waals surface area contributed by atoms with Crippen LogP contribution in [0.5, 0.6) is 0 Å². The molecule has 3 aliphatic carbocycles. The van der Waals surface area contributed by atoms with E-state index in [0.29, 0.717) is 12.2 Å². The van der Waals surface area contributed by atoms with Gasteiger partial charge in [-0.15, -0.1) is 0 Å². The van der Waals surface area contributed by atoms with Gasteiger partial charge in [-0.25, -0.2) is 14.4 Å². The van der Waals surface area contributed by atoms with Crippen molar-refractivity contribution in [3.05, 3.63) is 23.5 Å². The number of hydrogen-bond donors (Lipinski definition) is 2. The van der Waals surface area contributed by atoms with E-state index in [-0.39, 0.29) is 18.4 Å². The van der Waals surface area contributed by atoms with E-state index in [1.165, 1.54) is 6.08 Å². The van der Waals surface area contributed by atoms with Gasteiger partial charge in [0.2, 0.25) is 11.7 Å². The van der Waals surface area contributed by atoms with Crippen LogP contribution >= 0.6 is 0 Å². The maximum Gasteiger partial charge on any atom is 0.348 e. The van der Waals surface area contributed by atoms with E-state index >= 15 is 0 Å². The van der Waals surface area contributed by atoms with Crippen molar-refractivity contribution in [3.8, 4) is 0 Å². The zero-order chi connectivity index (χ0) is 25.9. The van der Waals surface area contributed by atoms with Crippen LogP contribution in [0.2, 0.25) is 0 Å². The number of allylic oxidation sites excluding steroid dienone is 2. The van der Waals surface area contributed by atoms with Crippen LogP contribution in [0.25, 0.3) is 0 Å². The summed E-state index contributed by atoms with van der Waals surface area (Å²) in [6, 6.07) is 0. The highest BCUT2D eigenvalue weighted by Gasteiger charge is 2.85. The predicted octanol–water partition coefficient (Wildman–Crippen LogP) is -0.217. The van der Waals surface area contributed by atoms with Gasteiger partial charge in [0.05, 0.1) is 25.7 Å². The molecule has 36 heavy (non-hydrogen) atoms. The third kappa shape index (κ3) is 2.48. The Labute approximate surface area is 206 Å². The van der Waals surface area contributed by atoms with Gasteiger partial charge in [-0.05, 0) is 29.7 Å². The van der Waals surface area contributed by atoms with Crippen molar-refractivity contribution in [2.75, 3.05) is 13.7 Å². The molecule has 3 heterocycles. The highest BCUT2D eigenvalue weighted by Crippen LogP contribution is 2.73. The molecule has 2 N–H and O–H groups in total. The second kappa shape index (κ2) is 7.17. The molecule has 11 heteroatoms. The lowest BCUT2D eigenvalue weighted by atomic mass is 9.38. The summed E-state index contributed by atoms with van der Waals surface area (Å²) in [5.41, 5.74) is -3.49. The lowest BCUT2D eigenvalue weighted by molar-refractivity contribution is -0.288. The average molecular weight is 504 g/mol. The Morgan fingerprint density at radius 2 is 1.92 bits per heavy atom. The van der Waals surface area contributed by atoms with Crippen molar-refractivity contribution in [2.24, 2.45) is 34.5 Å². The fourth-order valence-corrected chi connectivity index (χ4v) is 8.58. The van der Waals surface area contributed by atoms with Crippen LogP contribution in [0.4, 0.5) is 0 Å². The van der Waals surface area contributed by atoms with Crippen molar-refractivity contribution in [2.45, 2.75) is 57.2 Å². The maximum atomic E-state index is 13.2. The first kappa shape index (κ1) is 23.6. The number of carbonyl (C=O) groups excluding carboxylic acids is 4. The molecule has 4 fully saturated rings. The molecule has 2 saturated heterocycles. The Morgan fingerprint density at radius 1 is 1.19 bits per heavy atom. The Morgan fingerprint density at radius 3 is 2.58 bits per heavy atom. The topological polar surface area (TPSA) is 155 Å². The summed E-state index contributed by atoms with van der Waals surface area (Å²) in [5, 5.41) is 23.2. The minimum atomic E-state index is -2.15.